The number of halogens is 2. The second kappa shape index (κ2) is 7.54. The summed E-state index contributed by atoms with van der Waals surface area (Å²) in [5.74, 6) is -0.571. The molecule has 0 spiro atoms. The van der Waals surface area contributed by atoms with Crippen molar-refractivity contribution < 1.29 is 13.6 Å². The highest BCUT2D eigenvalue weighted by Gasteiger charge is 2.22. The Balaban J connectivity index is 2.14. The molecule has 1 aromatic carbocycles. The molecule has 0 atom stereocenters. The van der Waals surface area contributed by atoms with Gasteiger partial charge < -0.3 is 16.4 Å². The van der Waals surface area contributed by atoms with Gasteiger partial charge in [0.15, 0.2) is 0 Å². The Morgan fingerprint density at radius 3 is 2.79 bits per heavy atom. The number of hydrogen-bond donors (Lipinski definition) is 3. The molecule has 0 bridgehead atoms. The summed E-state index contributed by atoms with van der Waals surface area (Å²) in [6, 6.07) is 7.58. The number of amides is 1. The Bertz CT molecular complexity index is 751. The van der Waals surface area contributed by atoms with E-state index in [1.807, 2.05) is 31.2 Å². The minimum atomic E-state index is -2.77. The maximum atomic E-state index is 12.9. The van der Waals surface area contributed by atoms with E-state index in [1.54, 1.807) is 0 Å². The Hall–Kier alpha value is -2.96. The molecule has 0 radical (unpaired) electrons. The summed E-state index contributed by atoms with van der Waals surface area (Å²) >= 11 is 0. The number of nitrogens with zero attached hydrogens (tertiary/aromatic N) is 1. The molecular weight excluding hydrogens is 314 g/mol. The van der Waals surface area contributed by atoms with E-state index in [4.69, 9.17) is 5.73 Å². The molecule has 7 heteroatoms. The van der Waals surface area contributed by atoms with Gasteiger partial charge in [-0.05, 0) is 24.1 Å². The minimum absolute atomic E-state index is 0.0315. The van der Waals surface area contributed by atoms with Gasteiger partial charge in [0.25, 0.3) is 12.3 Å². The summed E-state index contributed by atoms with van der Waals surface area (Å²) in [6.07, 6.45) is -0.623. The molecule has 0 aliphatic carbocycles. The van der Waals surface area contributed by atoms with E-state index in [0.717, 1.165) is 23.4 Å². The third-order valence-corrected chi connectivity index (χ3v) is 3.43. The smallest absolute Gasteiger partial charge is 0.280 e. The number of alkyl halides is 2. The van der Waals surface area contributed by atoms with Crippen LogP contribution in [0.1, 0.15) is 11.1 Å². The first-order valence-corrected chi connectivity index (χ1v) is 7.21. The number of allylic oxidation sites excluding steroid dienone is 2. The number of nitrogens with two attached hydrogens (primary N) is 1. The van der Waals surface area contributed by atoms with Crippen molar-refractivity contribution in [2.45, 2.75) is 19.9 Å². The SMILES string of the molecule is C=C1C=C(C(F)F)N=C(C(=CN)C(=O)NCc2ccccc2C)N1. The van der Waals surface area contributed by atoms with Crippen molar-refractivity contribution in [2.24, 2.45) is 10.7 Å². The molecule has 1 aromatic rings. The molecule has 0 saturated heterocycles. The van der Waals surface area contributed by atoms with Crippen LogP contribution in [0.3, 0.4) is 0 Å². The van der Waals surface area contributed by atoms with Crippen LogP contribution in [-0.2, 0) is 11.3 Å². The first kappa shape index (κ1) is 17.4. The molecule has 24 heavy (non-hydrogen) atoms. The fraction of sp³-hybridized carbons (Fsp3) is 0.176. The quantitative estimate of drug-likeness (QED) is 0.723. The van der Waals surface area contributed by atoms with Gasteiger partial charge in [0, 0.05) is 18.4 Å². The summed E-state index contributed by atoms with van der Waals surface area (Å²) in [4.78, 5) is 16.1. The van der Waals surface area contributed by atoms with Crippen LogP contribution in [0.25, 0.3) is 0 Å². The summed E-state index contributed by atoms with van der Waals surface area (Å²) < 4.78 is 25.7. The molecule has 2 rings (SSSR count). The Morgan fingerprint density at radius 1 is 1.46 bits per heavy atom. The van der Waals surface area contributed by atoms with Crippen molar-refractivity contribution in [2.75, 3.05) is 0 Å². The average Bonchev–Trinajstić information content (AvgIpc) is 2.54. The van der Waals surface area contributed by atoms with Crippen LogP contribution in [0.15, 0.2) is 65.1 Å². The third-order valence-electron chi connectivity index (χ3n) is 3.43. The van der Waals surface area contributed by atoms with E-state index in [0.29, 0.717) is 0 Å². The van der Waals surface area contributed by atoms with E-state index in [1.165, 1.54) is 0 Å². The van der Waals surface area contributed by atoms with Crippen molar-refractivity contribution in [3.63, 3.8) is 0 Å². The van der Waals surface area contributed by atoms with Gasteiger partial charge >= 0.3 is 0 Å². The van der Waals surface area contributed by atoms with Crippen molar-refractivity contribution in [1.29, 1.82) is 0 Å². The zero-order chi connectivity index (χ0) is 17.7. The van der Waals surface area contributed by atoms with Gasteiger partial charge in [0.2, 0.25) is 0 Å². The Labute approximate surface area is 138 Å². The molecule has 0 fully saturated rings. The van der Waals surface area contributed by atoms with Gasteiger partial charge in [-0.2, -0.15) is 0 Å². The minimum Gasteiger partial charge on any atom is -0.404 e. The lowest BCUT2D eigenvalue weighted by molar-refractivity contribution is -0.117. The van der Waals surface area contributed by atoms with Gasteiger partial charge in [0.05, 0.1) is 5.57 Å². The molecule has 126 valence electrons. The number of aliphatic imine (C=N–C) groups is 1. The van der Waals surface area contributed by atoms with Gasteiger partial charge in [-0.3, -0.25) is 4.79 Å². The van der Waals surface area contributed by atoms with Crippen molar-refractivity contribution in [1.82, 2.24) is 10.6 Å². The lowest BCUT2D eigenvalue weighted by atomic mass is 10.1. The molecule has 1 aliphatic rings. The fourth-order valence-corrected chi connectivity index (χ4v) is 2.14. The van der Waals surface area contributed by atoms with Crippen LogP contribution in [-0.4, -0.2) is 18.2 Å². The number of carbonyl (C=O) groups excluding carboxylic acids is 1. The molecule has 1 aliphatic heterocycles. The van der Waals surface area contributed by atoms with Gasteiger partial charge in [-0.25, -0.2) is 13.8 Å². The molecule has 1 heterocycles. The average molecular weight is 332 g/mol. The number of nitrogens with one attached hydrogen (secondary N) is 2. The number of benzene rings is 1. The lowest BCUT2D eigenvalue weighted by Gasteiger charge is -2.18. The highest BCUT2D eigenvalue weighted by atomic mass is 19.3. The van der Waals surface area contributed by atoms with Crippen LogP contribution in [0.2, 0.25) is 0 Å². The molecule has 0 aromatic heterocycles. The first-order chi connectivity index (χ1) is 11.4. The Kier molecular flexibility index (Phi) is 5.47. The number of amidine groups is 1. The van der Waals surface area contributed by atoms with Gasteiger partial charge in [0.1, 0.15) is 11.5 Å². The van der Waals surface area contributed by atoms with E-state index in [-0.39, 0.29) is 23.7 Å². The summed E-state index contributed by atoms with van der Waals surface area (Å²) in [7, 11) is 0. The van der Waals surface area contributed by atoms with Crippen LogP contribution in [0.5, 0.6) is 0 Å². The lowest BCUT2D eigenvalue weighted by Crippen LogP contribution is -2.36. The van der Waals surface area contributed by atoms with E-state index < -0.39 is 18.0 Å². The highest BCUT2D eigenvalue weighted by molar-refractivity contribution is 6.21. The molecule has 5 nitrogen and oxygen atoms in total. The topological polar surface area (TPSA) is 79.5 Å². The standard InChI is InChI=1S/C17H18F2N4O/c1-10-5-3-4-6-12(10)9-21-17(24)13(8-20)16-22-11(2)7-14(23-16)15(18)19/h3-8,15H,2,9,20H2,1H3,(H,21,24)(H,22,23). The first-order valence-electron chi connectivity index (χ1n) is 7.21. The maximum Gasteiger partial charge on any atom is 0.280 e. The third kappa shape index (κ3) is 4.07. The molecule has 0 unspecified atom stereocenters. The van der Waals surface area contributed by atoms with E-state index in [2.05, 4.69) is 22.2 Å². The highest BCUT2D eigenvalue weighted by Crippen LogP contribution is 2.17. The molecule has 4 N–H and O–H groups in total. The van der Waals surface area contributed by atoms with E-state index >= 15 is 0 Å². The largest absolute Gasteiger partial charge is 0.404 e. The normalized spacial score (nSPS) is 14.8. The van der Waals surface area contributed by atoms with Crippen LogP contribution in [0, 0.1) is 6.92 Å². The summed E-state index contributed by atoms with van der Waals surface area (Å²) in [5.41, 5.74) is 7.17. The fourth-order valence-electron chi connectivity index (χ4n) is 2.14. The maximum absolute atomic E-state index is 12.9. The molecule has 0 saturated carbocycles. The number of rotatable bonds is 5. The summed E-state index contributed by atoms with van der Waals surface area (Å²) in [5, 5.41) is 5.38. The van der Waals surface area contributed by atoms with Crippen LogP contribution >= 0.6 is 0 Å². The van der Waals surface area contributed by atoms with Crippen LogP contribution < -0.4 is 16.4 Å². The van der Waals surface area contributed by atoms with Crippen molar-refractivity contribution in [3.05, 3.63) is 71.2 Å². The van der Waals surface area contributed by atoms with Crippen molar-refractivity contribution >= 4 is 11.7 Å². The number of aryl methyl sites for hydroxylation is 1. The molecular formula is C17H18F2N4O. The Morgan fingerprint density at radius 2 is 2.17 bits per heavy atom. The van der Waals surface area contributed by atoms with Gasteiger partial charge in [-0.15, -0.1) is 0 Å². The monoisotopic (exact) mass is 332 g/mol. The zero-order valence-electron chi connectivity index (χ0n) is 13.1. The molecule has 1 amide bonds. The van der Waals surface area contributed by atoms with Gasteiger partial charge in [-0.1, -0.05) is 30.8 Å². The predicted molar refractivity (Wildman–Crippen MR) is 89.1 cm³/mol. The zero-order valence-corrected chi connectivity index (χ0v) is 13.1. The van der Waals surface area contributed by atoms with E-state index in [9.17, 15) is 13.6 Å². The number of hydrogen-bond acceptors (Lipinski definition) is 4. The predicted octanol–water partition coefficient (Wildman–Crippen LogP) is 2.12. The summed E-state index contributed by atoms with van der Waals surface area (Å²) in [6.45, 7) is 5.79. The van der Waals surface area contributed by atoms with Crippen LogP contribution in [0.4, 0.5) is 8.78 Å². The van der Waals surface area contributed by atoms with Crippen molar-refractivity contribution in [3.8, 4) is 0 Å². The second-order valence-electron chi connectivity index (χ2n) is 5.17. The number of carbonyl (C=O) groups is 1. The second-order valence-corrected chi connectivity index (χ2v) is 5.17.